The predicted octanol–water partition coefficient (Wildman–Crippen LogP) is -4.21. The molecule has 0 aromatic heterocycles. The largest absolute Gasteiger partial charge is 0.382 e. The molecule has 94 valence electrons. The molecule has 2 unspecified atom stereocenters. The van der Waals surface area contributed by atoms with E-state index >= 15 is 0 Å². The van der Waals surface area contributed by atoms with E-state index in [1.54, 1.807) is 0 Å². The number of aliphatic hydroxyl groups is 2. The smallest absolute Gasteiger partial charge is 0.269 e. The number of guanidine groups is 2. The lowest BCUT2D eigenvalue weighted by molar-refractivity contribution is -0.141. The van der Waals surface area contributed by atoms with Crippen molar-refractivity contribution in [1.29, 1.82) is 10.8 Å². The molecule has 0 radical (unpaired) electrons. The average Bonchev–Trinajstić information content (AvgIpc) is 2.35. The topological polar surface area (TPSA) is 203 Å². The van der Waals surface area contributed by atoms with Gasteiger partial charge in [0.2, 0.25) is 11.6 Å². The van der Waals surface area contributed by atoms with Crippen LogP contribution in [0.5, 0.6) is 0 Å². The van der Waals surface area contributed by atoms with Crippen LogP contribution in [-0.2, 0) is 14.4 Å². The van der Waals surface area contributed by atoms with Crippen LogP contribution in [-0.4, -0.2) is 51.7 Å². The van der Waals surface area contributed by atoms with E-state index in [1.807, 2.05) is 5.32 Å². The highest BCUT2D eigenvalue weighted by atomic mass is 16.4. The summed E-state index contributed by atoms with van der Waals surface area (Å²) >= 11 is 0. The third kappa shape index (κ3) is 3.96. The number of aliphatic hydroxyl groups excluding tert-OH is 2. The minimum absolute atomic E-state index is 0.312. The van der Waals surface area contributed by atoms with Gasteiger partial charge in [0, 0.05) is 0 Å². The van der Waals surface area contributed by atoms with Gasteiger partial charge in [-0.3, -0.25) is 30.5 Å². The Morgan fingerprint density at radius 3 is 1.35 bits per heavy atom. The summed E-state index contributed by atoms with van der Waals surface area (Å²) in [6.45, 7) is 0. The van der Waals surface area contributed by atoms with Gasteiger partial charge in [-0.25, -0.2) is 0 Å². The molecule has 1 rings (SSSR count). The molecule has 1 fully saturated rings. The average molecular weight is 245 g/mol. The number of carbonyl (C=O) groups is 3. The summed E-state index contributed by atoms with van der Waals surface area (Å²) in [5, 5.41) is 32.1. The van der Waals surface area contributed by atoms with Crippen LogP contribution in [0.4, 0.5) is 0 Å². The predicted molar refractivity (Wildman–Crippen MR) is 54.0 cm³/mol. The lowest BCUT2D eigenvalue weighted by Gasteiger charge is -1.99. The Bertz CT molecular complexity index is 358. The van der Waals surface area contributed by atoms with E-state index in [0.29, 0.717) is 0 Å². The van der Waals surface area contributed by atoms with E-state index in [0.717, 1.165) is 0 Å². The maximum absolute atomic E-state index is 10.3. The zero-order chi connectivity index (χ0) is 13.7. The molecular weight excluding hydrogens is 234 g/mol. The Morgan fingerprint density at radius 1 is 1.00 bits per heavy atom. The quantitative estimate of drug-likeness (QED) is 0.126. The van der Waals surface area contributed by atoms with Crippen LogP contribution in [0.1, 0.15) is 0 Å². The van der Waals surface area contributed by atoms with E-state index in [4.69, 9.17) is 32.5 Å². The summed E-state index contributed by atoms with van der Waals surface area (Å²) in [6, 6.07) is 0. The lowest BCUT2D eigenvalue weighted by Crippen LogP contribution is -2.39. The van der Waals surface area contributed by atoms with Gasteiger partial charge in [0.05, 0.1) is 0 Å². The first-order valence-electron chi connectivity index (χ1n) is 4.12. The summed E-state index contributed by atoms with van der Waals surface area (Å²) in [7, 11) is 0. The van der Waals surface area contributed by atoms with E-state index in [-0.39, 0.29) is 11.9 Å². The van der Waals surface area contributed by atoms with E-state index in [2.05, 4.69) is 0 Å². The summed E-state index contributed by atoms with van der Waals surface area (Å²) < 4.78 is 0. The summed E-state index contributed by atoms with van der Waals surface area (Å²) in [5.74, 6) is -4.39. The standard InChI is InChI=1S/C5H4O5.C2H7N5/c6-1-2(7)4(9)5(10)3(1)8;3-1(4)7-2(5)6/h1-2,6-7H;(H7,3,4,5,6,7). The van der Waals surface area contributed by atoms with Crippen LogP contribution in [0.3, 0.4) is 0 Å². The second-order valence-corrected chi connectivity index (χ2v) is 2.90. The number of hydrogen-bond donors (Lipinski definition) is 7. The van der Waals surface area contributed by atoms with E-state index in [9.17, 15) is 14.4 Å². The number of hydrogen-bond acceptors (Lipinski definition) is 7. The van der Waals surface area contributed by atoms with Gasteiger partial charge in [-0.2, -0.15) is 0 Å². The Morgan fingerprint density at radius 2 is 1.29 bits per heavy atom. The first kappa shape index (κ1) is 14.7. The fourth-order valence-electron chi connectivity index (χ4n) is 0.822. The summed E-state index contributed by atoms with van der Waals surface area (Å²) in [5.41, 5.74) is 9.49. The van der Waals surface area contributed by atoms with Crippen LogP contribution in [0, 0.1) is 10.8 Å². The van der Waals surface area contributed by atoms with Gasteiger partial charge in [0.1, 0.15) is 0 Å². The van der Waals surface area contributed by atoms with Crippen LogP contribution < -0.4 is 16.8 Å². The second-order valence-electron chi connectivity index (χ2n) is 2.90. The maximum atomic E-state index is 10.3. The molecule has 9 N–H and O–H groups in total. The second kappa shape index (κ2) is 5.67. The van der Waals surface area contributed by atoms with Crippen molar-refractivity contribution in [1.82, 2.24) is 5.32 Å². The van der Waals surface area contributed by atoms with Crippen LogP contribution in [0.15, 0.2) is 0 Å². The number of ketones is 3. The molecule has 1 aliphatic rings. The molecular formula is C7H11N5O5. The molecule has 10 nitrogen and oxygen atoms in total. The van der Waals surface area contributed by atoms with Gasteiger partial charge in [-0.1, -0.05) is 0 Å². The molecule has 0 aromatic rings. The Balaban J connectivity index is 0.000000325. The molecule has 0 aliphatic heterocycles. The number of carbonyl (C=O) groups excluding carboxylic acids is 3. The number of nitrogens with one attached hydrogen (secondary N) is 3. The molecule has 17 heavy (non-hydrogen) atoms. The Labute approximate surface area is 94.6 Å². The number of nitrogens with two attached hydrogens (primary N) is 2. The lowest BCUT2D eigenvalue weighted by atomic mass is 10.2. The van der Waals surface area contributed by atoms with Gasteiger partial charge >= 0.3 is 0 Å². The van der Waals surface area contributed by atoms with Gasteiger partial charge < -0.3 is 21.7 Å². The molecule has 1 saturated carbocycles. The molecule has 0 aromatic carbocycles. The van der Waals surface area contributed by atoms with E-state index in [1.165, 1.54) is 0 Å². The van der Waals surface area contributed by atoms with Gasteiger partial charge in [0.25, 0.3) is 5.78 Å². The monoisotopic (exact) mass is 245 g/mol. The first-order valence-corrected chi connectivity index (χ1v) is 4.12. The van der Waals surface area contributed by atoms with Gasteiger partial charge in [-0.15, -0.1) is 0 Å². The zero-order valence-electron chi connectivity index (χ0n) is 8.43. The van der Waals surface area contributed by atoms with Crippen molar-refractivity contribution >= 4 is 29.3 Å². The Hall–Kier alpha value is -2.33. The first-order chi connectivity index (χ1) is 7.68. The molecule has 0 amide bonds. The van der Waals surface area contributed by atoms with Crippen molar-refractivity contribution in [2.75, 3.05) is 0 Å². The zero-order valence-corrected chi connectivity index (χ0v) is 8.43. The number of rotatable bonds is 0. The molecule has 0 saturated heterocycles. The van der Waals surface area contributed by atoms with Crippen LogP contribution in [0.25, 0.3) is 0 Å². The molecule has 0 spiro atoms. The highest BCUT2D eigenvalue weighted by Gasteiger charge is 2.47. The molecule has 0 heterocycles. The van der Waals surface area contributed by atoms with Gasteiger partial charge in [-0.05, 0) is 0 Å². The van der Waals surface area contributed by atoms with Crippen LogP contribution in [0.2, 0.25) is 0 Å². The molecule has 10 heteroatoms. The summed E-state index contributed by atoms with van der Waals surface area (Å²) in [4.78, 5) is 31.0. The van der Waals surface area contributed by atoms with Crippen molar-refractivity contribution < 1.29 is 24.6 Å². The van der Waals surface area contributed by atoms with Crippen LogP contribution >= 0.6 is 0 Å². The van der Waals surface area contributed by atoms with Crippen molar-refractivity contribution in [3.63, 3.8) is 0 Å². The van der Waals surface area contributed by atoms with Crippen molar-refractivity contribution in [2.24, 2.45) is 11.5 Å². The molecule has 1 aliphatic carbocycles. The third-order valence-electron chi connectivity index (χ3n) is 1.55. The highest BCUT2D eigenvalue weighted by molar-refractivity contribution is 6.69. The van der Waals surface area contributed by atoms with E-state index < -0.39 is 29.6 Å². The molecule has 0 bridgehead atoms. The Kier molecular flexibility index (Phi) is 4.89. The molecule has 2 atom stereocenters. The van der Waals surface area contributed by atoms with Crippen molar-refractivity contribution in [2.45, 2.75) is 12.2 Å². The van der Waals surface area contributed by atoms with Crippen molar-refractivity contribution in [3.8, 4) is 0 Å². The normalized spacial score (nSPS) is 22.8. The highest BCUT2D eigenvalue weighted by Crippen LogP contribution is 2.07. The minimum Gasteiger partial charge on any atom is -0.382 e. The minimum atomic E-state index is -1.85. The maximum Gasteiger partial charge on any atom is 0.269 e. The van der Waals surface area contributed by atoms with Crippen molar-refractivity contribution in [3.05, 3.63) is 0 Å². The fourth-order valence-corrected chi connectivity index (χ4v) is 0.822. The summed E-state index contributed by atoms with van der Waals surface area (Å²) in [6.07, 6.45) is -3.69. The SMILES string of the molecule is N=C(N)NC(=N)N.O=C1C(=O)C(O)C(O)C1=O. The third-order valence-corrected chi connectivity index (χ3v) is 1.55. The van der Waals surface area contributed by atoms with Gasteiger partial charge in [0.15, 0.2) is 24.1 Å². The number of Topliss-reactive ketones (excluding diaryl/α,β-unsaturated/α-hetero) is 3. The fraction of sp³-hybridized carbons (Fsp3) is 0.286.